The highest BCUT2D eigenvalue weighted by Gasteiger charge is 2.32. The minimum Gasteiger partial charge on any atom is -0.488 e. The Labute approximate surface area is 225 Å². The van der Waals surface area contributed by atoms with Crippen molar-refractivity contribution in [3.05, 3.63) is 60.7 Å². The highest BCUT2D eigenvalue weighted by molar-refractivity contribution is 6.05. The third kappa shape index (κ3) is 4.32. The van der Waals surface area contributed by atoms with Crippen LogP contribution in [-0.4, -0.2) is 68.1 Å². The van der Waals surface area contributed by atoms with Crippen LogP contribution in [0.3, 0.4) is 0 Å². The lowest BCUT2D eigenvalue weighted by molar-refractivity contribution is 0.102. The number of carbonyl (C=O) groups is 1. The van der Waals surface area contributed by atoms with Crippen molar-refractivity contribution >= 4 is 17.3 Å². The second-order valence-electron chi connectivity index (χ2n) is 10.9. The summed E-state index contributed by atoms with van der Waals surface area (Å²) < 4.78 is 15.8. The van der Waals surface area contributed by atoms with Crippen LogP contribution in [-0.2, 0) is 10.3 Å². The van der Waals surface area contributed by atoms with E-state index in [1.807, 2.05) is 39.7 Å². The molecular formula is C28H30N8O3. The standard InChI is InChI=1S/C28H30N8O3/c1-28(2)15-39-25-19(26-33-31-17-36(26)28)4-3-5-20(25)32-27(37)21-12-23(35-14-22(30-16-35)18-6-7-18)24(13-29-21)34-8-10-38-11-9-34/h3-5,12-14,16-18H,6-11,15H2,1-2H3,(H,32,37). The van der Waals surface area contributed by atoms with E-state index < -0.39 is 0 Å². The van der Waals surface area contributed by atoms with Crippen LogP contribution in [0.5, 0.6) is 5.75 Å². The SMILES string of the molecule is CC1(C)COc2c(NC(=O)c3cc(-n4cnc(C5CC5)c4)c(N4CCOCC4)cn3)cccc2-c2nncn21. The molecule has 4 aromatic rings. The van der Waals surface area contributed by atoms with Crippen LogP contribution >= 0.6 is 0 Å². The number of aromatic nitrogens is 6. The quantitative estimate of drug-likeness (QED) is 0.420. The number of fused-ring (bicyclic) bond motifs is 3. The molecule has 5 heterocycles. The maximum Gasteiger partial charge on any atom is 0.274 e. The maximum atomic E-state index is 13.6. The van der Waals surface area contributed by atoms with Gasteiger partial charge in [-0.25, -0.2) is 9.97 Å². The number of rotatable bonds is 5. The van der Waals surface area contributed by atoms with Gasteiger partial charge in [0.25, 0.3) is 5.91 Å². The average molecular weight is 527 g/mol. The summed E-state index contributed by atoms with van der Waals surface area (Å²) in [6.45, 7) is 7.37. The summed E-state index contributed by atoms with van der Waals surface area (Å²) in [7, 11) is 0. The lowest BCUT2D eigenvalue weighted by Crippen LogP contribution is -2.37. The molecule has 1 aromatic carbocycles. The number of hydrogen-bond acceptors (Lipinski definition) is 8. The van der Waals surface area contributed by atoms with E-state index in [0.717, 1.165) is 35.7 Å². The predicted molar refractivity (Wildman–Crippen MR) is 145 cm³/mol. The van der Waals surface area contributed by atoms with Crippen molar-refractivity contribution in [2.75, 3.05) is 43.1 Å². The molecule has 0 bridgehead atoms. The fourth-order valence-electron chi connectivity index (χ4n) is 5.21. The molecule has 1 aliphatic carbocycles. The molecule has 0 spiro atoms. The maximum absolute atomic E-state index is 13.6. The van der Waals surface area contributed by atoms with Crippen molar-refractivity contribution in [3.63, 3.8) is 0 Å². The molecule has 2 fully saturated rings. The molecule has 1 amide bonds. The van der Waals surface area contributed by atoms with Crippen LogP contribution in [0.25, 0.3) is 17.1 Å². The van der Waals surface area contributed by atoms with Gasteiger partial charge in [-0.2, -0.15) is 0 Å². The van der Waals surface area contributed by atoms with E-state index >= 15 is 0 Å². The number of ether oxygens (including phenoxy) is 2. The van der Waals surface area contributed by atoms with Gasteiger partial charge in [0.15, 0.2) is 11.6 Å². The van der Waals surface area contributed by atoms with Gasteiger partial charge >= 0.3 is 0 Å². The van der Waals surface area contributed by atoms with Gasteiger partial charge < -0.3 is 28.8 Å². The van der Waals surface area contributed by atoms with Crippen LogP contribution < -0.4 is 15.0 Å². The smallest absolute Gasteiger partial charge is 0.274 e. The van der Waals surface area contributed by atoms with Crippen LogP contribution in [0, 0.1) is 0 Å². The van der Waals surface area contributed by atoms with Crippen molar-refractivity contribution in [1.29, 1.82) is 0 Å². The molecule has 1 saturated carbocycles. The third-order valence-corrected chi connectivity index (χ3v) is 7.60. The van der Waals surface area contributed by atoms with Gasteiger partial charge in [-0.05, 0) is 44.9 Å². The lowest BCUT2D eigenvalue weighted by atomic mass is 10.1. The van der Waals surface area contributed by atoms with Crippen molar-refractivity contribution in [3.8, 4) is 22.8 Å². The minimum absolute atomic E-state index is 0.304. The van der Waals surface area contributed by atoms with Crippen LogP contribution in [0.2, 0.25) is 0 Å². The summed E-state index contributed by atoms with van der Waals surface area (Å²) in [4.78, 5) is 25.0. The summed E-state index contributed by atoms with van der Waals surface area (Å²) in [6.07, 6.45) is 9.74. The number of nitrogens with one attached hydrogen (secondary N) is 1. The Morgan fingerprint density at radius 2 is 1.95 bits per heavy atom. The Bertz CT molecular complexity index is 1550. The monoisotopic (exact) mass is 526 g/mol. The Hall–Kier alpha value is -4.25. The fourth-order valence-corrected chi connectivity index (χ4v) is 5.21. The number of nitrogens with zero attached hydrogens (tertiary/aromatic N) is 7. The Balaban J connectivity index is 1.23. The molecule has 11 heteroatoms. The van der Waals surface area contributed by atoms with E-state index in [4.69, 9.17) is 9.47 Å². The first kappa shape index (κ1) is 23.8. The number of benzene rings is 1. The first-order valence-electron chi connectivity index (χ1n) is 13.3. The Morgan fingerprint density at radius 1 is 1.10 bits per heavy atom. The zero-order chi connectivity index (χ0) is 26.6. The third-order valence-electron chi connectivity index (χ3n) is 7.60. The summed E-state index contributed by atoms with van der Waals surface area (Å²) >= 11 is 0. The molecule has 3 aliphatic rings. The van der Waals surface area contributed by atoms with E-state index in [1.54, 1.807) is 12.5 Å². The molecule has 1 saturated heterocycles. The van der Waals surface area contributed by atoms with Gasteiger partial charge in [-0.15, -0.1) is 10.2 Å². The van der Waals surface area contributed by atoms with Gasteiger partial charge in [-0.3, -0.25) is 4.79 Å². The number of para-hydroxylation sites is 1. The lowest BCUT2D eigenvalue weighted by Gasteiger charge is -2.30. The molecule has 200 valence electrons. The van der Waals surface area contributed by atoms with Crippen LogP contribution in [0.1, 0.15) is 48.8 Å². The largest absolute Gasteiger partial charge is 0.488 e. The number of carbonyl (C=O) groups excluding carboxylic acids is 1. The van der Waals surface area contributed by atoms with Gasteiger partial charge in [0.1, 0.15) is 18.6 Å². The highest BCUT2D eigenvalue weighted by atomic mass is 16.5. The van der Waals surface area contributed by atoms with E-state index in [1.165, 1.54) is 12.8 Å². The van der Waals surface area contributed by atoms with Crippen molar-refractivity contribution < 1.29 is 14.3 Å². The summed E-state index contributed by atoms with van der Waals surface area (Å²) in [5.41, 5.74) is 4.20. The number of morpholine rings is 1. The average Bonchev–Trinajstić information content (AvgIpc) is 3.49. The van der Waals surface area contributed by atoms with Crippen molar-refractivity contribution in [2.45, 2.75) is 38.1 Å². The first-order chi connectivity index (χ1) is 19.0. The minimum atomic E-state index is -0.352. The van der Waals surface area contributed by atoms with Gasteiger partial charge in [-0.1, -0.05) is 6.07 Å². The molecule has 7 rings (SSSR count). The molecule has 0 unspecified atom stereocenters. The molecule has 0 radical (unpaired) electrons. The van der Waals surface area contributed by atoms with Crippen LogP contribution in [0.4, 0.5) is 11.4 Å². The summed E-state index contributed by atoms with van der Waals surface area (Å²) in [5.74, 6) is 1.48. The van der Waals surface area contributed by atoms with Crippen molar-refractivity contribution in [2.24, 2.45) is 0 Å². The van der Waals surface area contributed by atoms with E-state index in [-0.39, 0.29) is 11.4 Å². The summed E-state index contributed by atoms with van der Waals surface area (Å²) in [6, 6.07) is 7.47. The zero-order valence-corrected chi connectivity index (χ0v) is 22.0. The normalized spacial score (nSPS) is 18.1. The zero-order valence-electron chi connectivity index (χ0n) is 22.0. The van der Waals surface area contributed by atoms with Gasteiger partial charge in [0, 0.05) is 25.2 Å². The van der Waals surface area contributed by atoms with Gasteiger partial charge in [0.2, 0.25) is 0 Å². The van der Waals surface area contributed by atoms with Crippen LogP contribution in [0.15, 0.2) is 49.3 Å². The molecular weight excluding hydrogens is 496 g/mol. The highest BCUT2D eigenvalue weighted by Crippen LogP contribution is 2.41. The topological polar surface area (TPSA) is 112 Å². The molecule has 11 nitrogen and oxygen atoms in total. The van der Waals surface area contributed by atoms with E-state index in [0.29, 0.717) is 48.7 Å². The number of imidazole rings is 1. The van der Waals surface area contributed by atoms with E-state index in [2.05, 4.69) is 50.4 Å². The molecule has 2 aliphatic heterocycles. The second-order valence-corrected chi connectivity index (χ2v) is 10.9. The molecule has 1 N–H and O–H groups in total. The first-order valence-corrected chi connectivity index (χ1v) is 13.3. The molecule has 39 heavy (non-hydrogen) atoms. The number of amides is 1. The Kier molecular flexibility index (Phi) is 5.62. The Morgan fingerprint density at radius 3 is 2.77 bits per heavy atom. The second kappa shape index (κ2) is 9.19. The van der Waals surface area contributed by atoms with E-state index in [9.17, 15) is 4.79 Å². The summed E-state index contributed by atoms with van der Waals surface area (Å²) in [5, 5.41) is 11.5. The predicted octanol–water partition coefficient (Wildman–Crippen LogP) is 3.62. The number of hydrogen-bond donors (Lipinski definition) is 1. The molecule has 0 atom stereocenters. The van der Waals surface area contributed by atoms with Crippen molar-refractivity contribution in [1.82, 2.24) is 29.3 Å². The molecule has 3 aromatic heterocycles. The number of anilines is 2. The van der Waals surface area contributed by atoms with Gasteiger partial charge in [0.05, 0.1) is 59.6 Å². The fraction of sp³-hybridized carbons (Fsp3) is 0.393. The number of pyridine rings is 1.